The summed E-state index contributed by atoms with van der Waals surface area (Å²) < 4.78 is 0. The lowest BCUT2D eigenvalue weighted by Crippen LogP contribution is -2.26. The van der Waals surface area contributed by atoms with E-state index in [1.54, 1.807) is 0 Å². The predicted molar refractivity (Wildman–Crippen MR) is 72.3 cm³/mol. The zero-order valence-corrected chi connectivity index (χ0v) is 11.3. The van der Waals surface area contributed by atoms with Gasteiger partial charge in [0.15, 0.2) is 0 Å². The SMILES string of the molecule is CCCCc1ccc(CN(CC)CC)c(=O)[nH]1. The highest BCUT2D eigenvalue weighted by atomic mass is 16.1. The number of pyridine rings is 1. The first-order valence-corrected chi connectivity index (χ1v) is 6.64. The number of nitrogens with zero attached hydrogens (tertiary/aromatic N) is 1. The van der Waals surface area contributed by atoms with E-state index in [1.807, 2.05) is 6.07 Å². The van der Waals surface area contributed by atoms with Gasteiger partial charge in [-0.25, -0.2) is 0 Å². The van der Waals surface area contributed by atoms with Crippen LogP contribution in [0.1, 0.15) is 44.9 Å². The van der Waals surface area contributed by atoms with Gasteiger partial charge in [0.1, 0.15) is 0 Å². The highest BCUT2D eigenvalue weighted by molar-refractivity contribution is 5.14. The molecule has 0 unspecified atom stereocenters. The van der Waals surface area contributed by atoms with Gasteiger partial charge in [-0.3, -0.25) is 9.69 Å². The van der Waals surface area contributed by atoms with Crippen LogP contribution in [0.5, 0.6) is 0 Å². The Morgan fingerprint density at radius 1 is 1.18 bits per heavy atom. The molecule has 0 radical (unpaired) electrons. The van der Waals surface area contributed by atoms with E-state index < -0.39 is 0 Å². The monoisotopic (exact) mass is 236 g/mol. The molecule has 1 rings (SSSR count). The van der Waals surface area contributed by atoms with Gasteiger partial charge in [-0.15, -0.1) is 0 Å². The minimum Gasteiger partial charge on any atom is -0.326 e. The molecule has 17 heavy (non-hydrogen) atoms. The summed E-state index contributed by atoms with van der Waals surface area (Å²) in [6, 6.07) is 4.03. The molecule has 0 aliphatic heterocycles. The van der Waals surface area contributed by atoms with Crippen molar-refractivity contribution < 1.29 is 0 Å². The Morgan fingerprint density at radius 2 is 1.88 bits per heavy atom. The molecule has 0 aliphatic rings. The summed E-state index contributed by atoms with van der Waals surface area (Å²) in [5.74, 6) is 0. The first kappa shape index (κ1) is 14.0. The van der Waals surface area contributed by atoms with Gasteiger partial charge in [-0.05, 0) is 32.0 Å². The number of hydrogen-bond donors (Lipinski definition) is 1. The Bertz CT molecular complexity index is 380. The molecule has 1 heterocycles. The zero-order valence-electron chi connectivity index (χ0n) is 11.3. The fourth-order valence-corrected chi connectivity index (χ4v) is 1.87. The van der Waals surface area contributed by atoms with E-state index in [0.29, 0.717) is 0 Å². The summed E-state index contributed by atoms with van der Waals surface area (Å²) in [5, 5.41) is 0. The summed E-state index contributed by atoms with van der Waals surface area (Å²) in [6.45, 7) is 9.10. The van der Waals surface area contributed by atoms with Crippen molar-refractivity contribution in [1.29, 1.82) is 0 Å². The van der Waals surface area contributed by atoms with Gasteiger partial charge in [0, 0.05) is 17.8 Å². The molecule has 1 N–H and O–H groups in total. The number of unbranched alkanes of at least 4 members (excludes halogenated alkanes) is 1. The number of aromatic nitrogens is 1. The molecule has 0 saturated carbocycles. The molecule has 0 spiro atoms. The van der Waals surface area contributed by atoms with E-state index in [4.69, 9.17) is 0 Å². The van der Waals surface area contributed by atoms with E-state index in [-0.39, 0.29) is 5.56 Å². The third kappa shape index (κ3) is 4.35. The molecule has 0 fully saturated rings. The maximum Gasteiger partial charge on any atom is 0.252 e. The van der Waals surface area contributed by atoms with E-state index in [2.05, 4.69) is 36.7 Å². The molecule has 0 bridgehead atoms. The van der Waals surface area contributed by atoms with Crippen molar-refractivity contribution in [3.63, 3.8) is 0 Å². The van der Waals surface area contributed by atoms with Gasteiger partial charge in [-0.2, -0.15) is 0 Å². The fourth-order valence-electron chi connectivity index (χ4n) is 1.87. The zero-order chi connectivity index (χ0) is 12.7. The van der Waals surface area contributed by atoms with E-state index >= 15 is 0 Å². The number of H-pyrrole nitrogens is 1. The normalized spacial score (nSPS) is 11.1. The second-order valence-corrected chi connectivity index (χ2v) is 4.40. The average Bonchev–Trinajstić information content (AvgIpc) is 2.35. The molecule has 3 nitrogen and oxygen atoms in total. The van der Waals surface area contributed by atoms with Crippen molar-refractivity contribution in [3.05, 3.63) is 33.7 Å². The Morgan fingerprint density at radius 3 is 2.41 bits per heavy atom. The molecule has 1 aromatic rings. The predicted octanol–water partition coefficient (Wildman–Crippen LogP) is 2.56. The van der Waals surface area contributed by atoms with Crippen molar-refractivity contribution in [2.45, 2.75) is 46.6 Å². The highest BCUT2D eigenvalue weighted by Crippen LogP contribution is 2.03. The van der Waals surface area contributed by atoms with Gasteiger partial charge in [0.2, 0.25) is 0 Å². The van der Waals surface area contributed by atoms with Crippen molar-refractivity contribution >= 4 is 0 Å². The van der Waals surface area contributed by atoms with Crippen LogP contribution in [0.25, 0.3) is 0 Å². The largest absolute Gasteiger partial charge is 0.326 e. The van der Waals surface area contributed by atoms with Crippen LogP contribution in [-0.4, -0.2) is 23.0 Å². The van der Waals surface area contributed by atoms with Crippen LogP contribution in [-0.2, 0) is 13.0 Å². The van der Waals surface area contributed by atoms with Crippen LogP contribution in [0.2, 0.25) is 0 Å². The summed E-state index contributed by atoms with van der Waals surface area (Å²) in [7, 11) is 0. The van der Waals surface area contributed by atoms with E-state index in [1.165, 1.54) is 0 Å². The summed E-state index contributed by atoms with van der Waals surface area (Å²) in [6.07, 6.45) is 3.26. The molecule has 3 heteroatoms. The Kier molecular flexibility index (Phi) is 5.98. The van der Waals surface area contributed by atoms with Crippen LogP contribution >= 0.6 is 0 Å². The van der Waals surface area contributed by atoms with Crippen molar-refractivity contribution in [1.82, 2.24) is 9.88 Å². The second-order valence-electron chi connectivity index (χ2n) is 4.40. The Balaban J connectivity index is 2.72. The molecule has 0 aromatic carbocycles. The lowest BCUT2D eigenvalue weighted by molar-refractivity contribution is 0.294. The van der Waals surface area contributed by atoms with Crippen molar-refractivity contribution in [3.8, 4) is 0 Å². The quantitative estimate of drug-likeness (QED) is 0.790. The van der Waals surface area contributed by atoms with Gasteiger partial charge in [-0.1, -0.05) is 33.3 Å². The molecular weight excluding hydrogens is 212 g/mol. The molecule has 1 aromatic heterocycles. The molecule has 0 saturated heterocycles. The average molecular weight is 236 g/mol. The Labute approximate surface area is 104 Å². The molecule has 0 aliphatic carbocycles. The standard InChI is InChI=1S/C14H24N2O/c1-4-7-8-13-10-9-12(14(17)15-13)11-16(5-2)6-3/h9-10H,4-8,11H2,1-3H3,(H,15,17). The van der Waals surface area contributed by atoms with Gasteiger partial charge in [0.05, 0.1) is 0 Å². The summed E-state index contributed by atoms with van der Waals surface area (Å²) in [5.41, 5.74) is 2.00. The third-order valence-electron chi connectivity index (χ3n) is 3.14. The number of aromatic amines is 1. The number of rotatable bonds is 7. The van der Waals surface area contributed by atoms with Crippen LogP contribution in [0.4, 0.5) is 0 Å². The molecule has 0 atom stereocenters. The number of aryl methyl sites for hydroxylation is 1. The molecular formula is C14H24N2O. The Hall–Kier alpha value is -1.09. The topological polar surface area (TPSA) is 36.1 Å². The highest BCUT2D eigenvalue weighted by Gasteiger charge is 2.05. The van der Waals surface area contributed by atoms with Crippen LogP contribution in [0, 0.1) is 0 Å². The molecule has 0 amide bonds. The first-order chi connectivity index (χ1) is 8.21. The van der Waals surface area contributed by atoms with Gasteiger partial charge in [0.25, 0.3) is 5.56 Å². The lowest BCUT2D eigenvalue weighted by atomic mass is 10.1. The summed E-state index contributed by atoms with van der Waals surface area (Å²) in [4.78, 5) is 17.1. The van der Waals surface area contributed by atoms with Gasteiger partial charge < -0.3 is 4.98 Å². The van der Waals surface area contributed by atoms with Crippen molar-refractivity contribution in [2.24, 2.45) is 0 Å². The molecule has 96 valence electrons. The fraction of sp³-hybridized carbons (Fsp3) is 0.643. The smallest absolute Gasteiger partial charge is 0.252 e. The maximum absolute atomic E-state index is 11.9. The number of nitrogens with one attached hydrogen (secondary N) is 1. The van der Waals surface area contributed by atoms with Gasteiger partial charge >= 0.3 is 0 Å². The minimum atomic E-state index is 0.0745. The van der Waals surface area contributed by atoms with Crippen LogP contribution in [0.3, 0.4) is 0 Å². The van der Waals surface area contributed by atoms with Crippen LogP contribution in [0.15, 0.2) is 16.9 Å². The second kappa shape index (κ2) is 7.28. The lowest BCUT2D eigenvalue weighted by Gasteiger charge is -2.17. The van der Waals surface area contributed by atoms with Crippen molar-refractivity contribution in [2.75, 3.05) is 13.1 Å². The van der Waals surface area contributed by atoms with Crippen LogP contribution < -0.4 is 5.56 Å². The van der Waals surface area contributed by atoms with E-state index in [0.717, 1.165) is 50.2 Å². The summed E-state index contributed by atoms with van der Waals surface area (Å²) >= 11 is 0. The van der Waals surface area contributed by atoms with E-state index in [9.17, 15) is 4.79 Å². The number of hydrogen-bond acceptors (Lipinski definition) is 2. The minimum absolute atomic E-state index is 0.0745. The maximum atomic E-state index is 11.9. The third-order valence-corrected chi connectivity index (χ3v) is 3.14. The first-order valence-electron chi connectivity index (χ1n) is 6.64.